The Hall–Kier alpha value is -0.696. The van der Waals surface area contributed by atoms with Crippen LogP contribution in [0.3, 0.4) is 0 Å². The minimum absolute atomic E-state index is 0.0565. The third-order valence-corrected chi connectivity index (χ3v) is 12.1. The molecule has 6 atom stereocenters. The van der Waals surface area contributed by atoms with Gasteiger partial charge in [0.1, 0.15) is 0 Å². The summed E-state index contributed by atoms with van der Waals surface area (Å²) in [7, 11) is 0. The summed E-state index contributed by atoms with van der Waals surface area (Å²) >= 11 is 2.54. The van der Waals surface area contributed by atoms with E-state index in [0.29, 0.717) is 81.9 Å². The molecule has 2 aromatic rings. The van der Waals surface area contributed by atoms with Crippen molar-refractivity contribution in [2.24, 2.45) is 28.8 Å². The molecule has 1 aromatic carbocycles. The van der Waals surface area contributed by atoms with E-state index in [9.17, 15) is 14.4 Å². The summed E-state index contributed by atoms with van der Waals surface area (Å²) in [6.07, 6.45) is 11.4. The molecule has 2 bridgehead atoms. The van der Waals surface area contributed by atoms with Crippen molar-refractivity contribution in [3.8, 4) is 0 Å². The number of unbranched alkanes of at least 4 members (excludes halogenated alkanes) is 2. The van der Waals surface area contributed by atoms with Crippen molar-refractivity contribution in [2.75, 3.05) is 6.61 Å². The number of carbonyl (C=O) groups is 2. The molecule has 0 spiro atoms. The maximum atomic E-state index is 14.2. The predicted octanol–water partition coefficient (Wildman–Crippen LogP) is 6.37. The summed E-state index contributed by atoms with van der Waals surface area (Å²) in [6.45, 7) is 12.5. The molecule has 260 valence electrons. The molecule has 2 aliphatic rings. The Morgan fingerprint density at radius 3 is 2.33 bits per heavy atom. The average molecular weight is 1160 g/mol. The van der Waals surface area contributed by atoms with E-state index >= 15 is 0 Å². The zero-order valence-corrected chi connectivity index (χ0v) is 40.6. The number of piperidine rings is 1. The molecule has 1 N–H and O–H groups in total. The molecular formula is C35H52IN5O5Tl2. The van der Waals surface area contributed by atoms with Crippen LogP contribution in [0.15, 0.2) is 34.2 Å². The van der Waals surface area contributed by atoms with E-state index in [1.807, 2.05) is 43.2 Å². The van der Waals surface area contributed by atoms with Gasteiger partial charge in [-0.05, 0) is 18.8 Å². The van der Waals surface area contributed by atoms with Gasteiger partial charge in [0.25, 0.3) is 0 Å². The Morgan fingerprint density at radius 1 is 1.06 bits per heavy atom. The van der Waals surface area contributed by atoms with E-state index in [1.54, 1.807) is 29.9 Å². The molecule has 2 fully saturated rings. The van der Waals surface area contributed by atoms with Crippen molar-refractivity contribution >= 4 is 104 Å². The molecule has 10 nitrogen and oxygen atoms in total. The number of benzene rings is 1. The van der Waals surface area contributed by atoms with Crippen LogP contribution < -0.4 is 10.9 Å². The van der Waals surface area contributed by atoms with E-state index in [0.717, 1.165) is 37.1 Å². The molecule has 48 heavy (non-hydrogen) atoms. The van der Waals surface area contributed by atoms with Crippen molar-refractivity contribution in [1.82, 2.24) is 15.4 Å². The van der Waals surface area contributed by atoms with Crippen molar-refractivity contribution in [3.05, 3.63) is 40.3 Å². The zero-order chi connectivity index (χ0) is 35.4. The number of carbonyl (C=O) groups excluding carboxylic acids is 2. The summed E-state index contributed by atoms with van der Waals surface area (Å²) in [6, 6.07) is 8.60. The first-order valence-corrected chi connectivity index (χ1v) is 22.4. The average Bonchev–Trinajstić information content (AvgIpc) is 3.42. The number of hydrogen-bond acceptors (Lipinski definition) is 8. The quantitative estimate of drug-likeness (QED) is 0.0726. The summed E-state index contributed by atoms with van der Waals surface area (Å²) < 4.78 is 8.65. The third-order valence-electron chi connectivity index (χ3n) is 9.66. The normalized spacial score (nSPS) is 21.4. The van der Waals surface area contributed by atoms with Gasteiger partial charge in [0.15, 0.2) is 23.0 Å². The first-order valence-electron chi connectivity index (χ1n) is 17.5. The number of aromatic nitrogens is 2. The standard InChI is InChI=1S/C26H32IN5O5.C9H20.2Tl/c1-14(10-15(2)26(35)37-27)22(31-36-13-16(3)24(28)33)23-25(34)32(21-7-5-4-6-20(21)30-23)19-11-17-8-9-18(12-19)29-17;1-4-6-7-8-9(3)5-2;;/h4-7,14-19,29H,8-13H2,1-3H3;9H,4-8H2,1-3H3;;/b31-22+;;;. The van der Waals surface area contributed by atoms with E-state index in [-0.39, 0.29) is 47.6 Å². The second kappa shape index (κ2) is 21.0. The maximum absolute atomic E-state index is 14.2. The van der Waals surface area contributed by atoms with Crippen LogP contribution in [0.25, 0.3) is 11.0 Å². The molecule has 4 rings (SSSR count). The first kappa shape index (κ1) is 41.7. The predicted molar refractivity (Wildman–Crippen MR) is 201 cm³/mol. The van der Waals surface area contributed by atoms with Crippen LogP contribution >= 0.6 is 23.0 Å². The number of oxime groups is 1. The minimum Gasteiger partial charge on any atom is -0.0654 e. The molecule has 1 aromatic heterocycles. The Kier molecular flexibility index (Phi) is 18.2. The van der Waals surface area contributed by atoms with Crippen LogP contribution in [0.4, 0.5) is 0 Å². The van der Waals surface area contributed by atoms with Crippen LogP contribution in [-0.2, 0) is 17.5 Å². The molecule has 2 saturated heterocycles. The SMILES string of the molecule is CC(CC(C)/C(=N\OCC(C)C(=O)[N]([Tl])[Tl])c1nc2ccccc2n(C2CC3CCC(C2)N3)c1=O)C(=O)OI.CCCCCC(C)CC. The van der Waals surface area contributed by atoms with Gasteiger partial charge in [-0.15, -0.1) is 0 Å². The topological polar surface area (TPSA) is 115 Å². The molecule has 6 unspecified atom stereocenters. The van der Waals surface area contributed by atoms with E-state index in [1.165, 1.54) is 32.1 Å². The second-order valence-corrected chi connectivity index (χ2v) is 27.5. The van der Waals surface area contributed by atoms with Gasteiger partial charge < -0.3 is 5.32 Å². The zero-order valence-electron chi connectivity index (χ0n) is 29.5. The number of rotatable bonds is 15. The summed E-state index contributed by atoms with van der Waals surface area (Å²) in [5.41, 5.74) is 1.95. The van der Waals surface area contributed by atoms with Crippen LogP contribution in [0.5, 0.6) is 0 Å². The van der Waals surface area contributed by atoms with Gasteiger partial charge in [0.05, 0.1) is 0 Å². The number of amides is 1. The van der Waals surface area contributed by atoms with Gasteiger partial charge in [0.2, 0.25) is 0 Å². The fraction of sp³-hybridized carbons (Fsp3) is 0.686. The van der Waals surface area contributed by atoms with Gasteiger partial charge >= 0.3 is 218 Å². The Labute approximate surface area is 333 Å². The first-order chi connectivity index (χ1) is 22.9. The molecule has 0 aliphatic carbocycles. The van der Waals surface area contributed by atoms with Gasteiger partial charge in [-0.3, -0.25) is 0 Å². The summed E-state index contributed by atoms with van der Waals surface area (Å²) in [5.74, 6) is -0.374. The van der Waals surface area contributed by atoms with Crippen molar-refractivity contribution < 1.29 is 17.5 Å². The smallest absolute Gasteiger partial charge is 0.0654 e. The molecule has 0 radical (unpaired) electrons. The Morgan fingerprint density at radius 2 is 1.73 bits per heavy atom. The molecule has 2 aliphatic heterocycles. The third kappa shape index (κ3) is 11.9. The monoisotopic (exact) mass is 1160 g/mol. The van der Waals surface area contributed by atoms with Crippen molar-refractivity contribution in [2.45, 2.75) is 124 Å². The van der Waals surface area contributed by atoms with E-state index in [4.69, 9.17) is 12.9 Å². The Balaban J connectivity index is 0.000000609. The summed E-state index contributed by atoms with van der Waals surface area (Å²) in [5, 5.41) is 8.10. The summed E-state index contributed by atoms with van der Waals surface area (Å²) in [4.78, 5) is 49.4. The second-order valence-electron chi connectivity index (χ2n) is 13.7. The van der Waals surface area contributed by atoms with Gasteiger partial charge in [-0.1, -0.05) is 58.9 Å². The van der Waals surface area contributed by atoms with E-state index in [2.05, 4.69) is 31.2 Å². The van der Waals surface area contributed by atoms with Gasteiger partial charge in [-0.25, -0.2) is 0 Å². The van der Waals surface area contributed by atoms with Crippen LogP contribution in [0, 0.1) is 23.7 Å². The number of halogens is 1. The fourth-order valence-corrected chi connectivity index (χ4v) is 9.01. The molecule has 1 amide bonds. The molecule has 0 saturated carbocycles. The fourth-order valence-electron chi connectivity index (χ4n) is 6.59. The van der Waals surface area contributed by atoms with E-state index < -0.39 is 5.92 Å². The van der Waals surface area contributed by atoms with Crippen LogP contribution in [0.1, 0.15) is 117 Å². The molecule has 13 heteroatoms. The van der Waals surface area contributed by atoms with Crippen molar-refractivity contribution in [1.29, 1.82) is 0 Å². The molecular weight excluding hydrogens is 1110 g/mol. The number of para-hydroxylation sites is 2. The van der Waals surface area contributed by atoms with Gasteiger partial charge in [0, 0.05) is 12.1 Å². The van der Waals surface area contributed by atoms with Crippen LogP contribution in [0.2, 0.25) is 0 Å². The number of nitrogens with one attached hydrogen (secondary N) is 1. The number of nitrogens with zero attached hydrogens (tertiary/aromatic N) is 4. The number of hydrogen-bond donors (Lipinski definition) is 1. The minimum atomic E-state index is -0.407. The van der Waals surface area contributed by atoms with Gasteiger partial charge in [-0.2, -0.15) is 0 Å². The van der Waals surface area contributed by atoms with Crippen molar-refractivity contribution in [3.63, 3.8) is 0 Å². The van der Waals surface area contributed by atoms with Crippen LogP contribution in [-0.4, -0.2) is 98.5 Å². The number of fused-ring (bicyclic) bond motifs is 3. The Bertz CT molecular complexity index is 1430. The molecule has 3 heterocycles.